The molecule has 0 bridgehead atoms. The van der Waals surface area contributed by atoms with E-state index in [1.165, 1.54) is 64.2 Å². The van der Waals surface area contributed by atoms with E-state index in [0.29, 0.717) is 17.0 Å². The number of carbonyl (C=O) groups excluding carboxylic acids is 1. The van der Waals surface area contributed by atoms with Gasteiger partial charge in [-0.3, -0.25) is 0 Å². The van der Waals surface area contributed by atoms with Gasteiger partial charge in [-0.2, -0.15) is 0 Å². The Morgan fingerprint density at radius 3 is 2.05 bits per heavy atom. The zero-order valence-corrected chi connectivity index (χ0v) is 15.6. The fraction of sp³-hybridized carbons (Fsp3) is 0.833. The summed E-state index contributed by atoms with van der Waals surface area (Å²) in [6.07, 6.45) is 14.3. The zero-order valence-electron chi connectivity index (χ0n) is 14.0. The van der Waals surface area contributed by atoms with Gasteiger partial charge in [-0.25, -0.2) is 4.79 Å². The number of unbranched alkanes of at least 4 members (excludes halogenated alkanes) is 8. The Balaban J connectivity index is 3.28. The molecule has 124 valence electrons. The van der Waals surface area contributed by atoms with Crippen molar-refractivity contribution in [3.05, 3.63) is 12.2 Å². The maximum absolute atomic E-state index is 11.2. The minimum Gasteiger partial charge on any atom is -0.462 e. The third-order valence-corrected chi connectivity index (χ3v) is 4.55. The van der Waals surface area contributed by atoms with Gasteiger partial charge in [-0.1, -0.05) is 87.2 Å². The van der Waals surface area contributed by atoms with Crippen molar-refractivity contribution >= 4 is 21.9 Å². The first-order valence-electron chi connectivity index (χ1n) is 8.54. The van der Waals surface area contributed by atoms with Crippen LogP contribution in [0.2, 0.25) is 0 Å². The molecular weight excluding hydrogens is 328 g/mol. The van der Waals surface area contributed by atoms with E-state index in [4.69, 9.17) is 4.74 Å². The van der Waals surface area contributed by atoms with Crippen LogP contribution < -0.4 is 0 Å². The molecule has 0 aliphatic carbocycles. The summed E-state index contributed by atoms with van der Waals surface area (Å²) < 4.78 is 5.10. The molecule has 2 nitrogen and oxygen atoms in total. The molecular formula is C18H33BrO2. The van der Waals surface area contributed by atoms with Crippen LogP contribution in [0.5, 0.6) is 0 Å². The summed E-state index contributed by atoms with van der Waals surface area (Å²) in [7, 11) is 0. The number of esters is 1. The van der Waals surface area contributed by atoms with E-state index in [9.17, 15) is 4.79 Å². The molecule has 0 spiro atoms. The maximum atomic E-state index is 11.2. The lowest BCUT2D eigenvalue weighted by molar-refractivity contribution is -0.139. The number of hydrogen-bond acceptors (Lipinski definition) is 2. The molecule has 0 aromatic rings. The molecule has 0 heterocycles. The standard InChI is InChI=1S/C18H33BrO2/c1-4-5-6-7-8-9-10-11-12-13-17(19)14-15-21-18(20)16(2)3/h17H,2,4-15H2,1,3H3. The van der Waals surface area contributed by atoms with Crippen LogP contribution in [0.4, 0.5) is 0 Å². The van der Waals surface area contributed by atoms with E-state index in [0.717, 1.165) is 6.42 Å². The largest absolute Gasteiger partial charge is 0.462 e. The van der Waals surface area contributed by atoms with Crippen molar-refractivity contribution < 1.29 is 9.53 Å². The van der Waals surface area contributed by atoms with Gasteiger partial charge in [0.15, 0.2) is 0 Å². The highest BCUT2D eigenvalue weighted by molar-refractivity contribution is 9.09. The second-order valence-electron chi connectivity index (χ2n) is 5.92. The van der Waals surface area contributed by atoms with Crippen LogP contribution in [0, 0.1) is 0 Å². The SMILES string of the molecule is C=C(C)C(=O)OCCC(Br)CCCCCCCCCCC. The summed E-state index contributed by atoms with van der Waals surface area (Å²) in [4.78, 5) is 11.7. The van der Waals surface area contributed by atoms with Gasteiger partial charge >= 0.3 is 5.97 Å². The summed E-state index contributed by atoms with van der Waals surface area (Å²) >= 11 is 3.66. The third-order valence-electron chi connectivity index (χ3n) is 3.63. The average Bonchev–Trinajstić information content (AvgIpc) is 2.45. The first kappa shape index (κ1) is 20.7. The predicted molar refractivity (Wildman–Crippen MR) is 94.9 cm³/mol. The number of alkyl halides is 1. The highest BCUT2D eigenvalue weighted by Gasteiger charge is 2.07. The molecule has 3 heteroatoms. The Hall–Kier alpha value is -0.310. The van der Waals surface area contributed by atoms with Gasteiger partial charge in [0.1, 0.15) is 0 Å². The van der Waals surface area contributed by atoms with E-state index in [2.05, 4.69) is 29.4 Å². The molecule has 0 aliphatic heterocycles. The Morgan fingerprint density at radius 2 is 1.52 bits per heavy atom. The third kappa shape index (κ3) is 14.4. The lowest BCUT2D eigenvalue weighted by Gasteiger charge is -2.10. The van der Waals surface area contributed by atoms with Crippen molar-refractivity contribution in [2.45, 2.75) is 89.3 Å². The predicted octanol–water partition coefficient (Wildman–Crippen LogP) is 6.18. The van der Waals surface area contributed by atoms with Crippen LogP contribution in [-0.4, -0.2) is 17.4 Å². The van der Waals surface area contributed by atoms with Gasteiger partial charge in [-0.05, 0) is 19.8 Å². The van der Waals surface area contributed by atoms with E-state index in [-0.39, 0.29) is 5.97 Å². The van der Waals surface area contributed by atoms with Crippen LogP contribution in [0.3, 0.4) is 0 Å². The Morgan fingerprint density at radius 1 is 1.00 bits per heavy atom. The molecule has 0 saturated carbocycles. The molecule has 0 N–H and O–H groups in total. The number of halogens is 1. The van der Waals surface area contributed by atoms with Gasteiger partial charge in [0.05, 0.1) is 6.61 Å². The van der Waals surface area contributed by atoms with Gasteiger partial charge in [0, 0.05) is 10.4 Å². The first-order chi connectivity index (χ1) is 10.1. The van der Waals surface area contributed by atoms with Gasteiger partial charge in [0.2, 0.25) is 0 Å². The molecule has 21 heavy (non-hydrogen) atoms. The minimum absolute atomic E-state index is 0.280. The van der Waals surface area contributed by atoms with E-state index >= 15 is 0 Å². The topological polar surface area (TPSA) is 26.3 Å². The van der Waals surface area contributed by atoms with Gasteiger partial charge in [-0.15, -0.1) is 0 Å². The van der Waals surface area contributed by atoms with Crippen LogP contribution in [0.25, 0.3) is 0 Å². The smallest absolute Gasteiger partial charge is 0.333 e. The molecule has 0 aromatic carbocycles. The number of carbonyl (C=O) groups is 1. The van der Waals surface area contributed by atoms with Crippen molar-refractivity contribution in [2.24, 2.45) is 0 Å². The monoisotopic (exact) mass is 360 g/mol. The van der Waals surface area contributed by atoms with Gasteiger partial charge in [0.25, 0.3) is 0 Å². The van der Waals surface area contributed by atoms with Crippen molar-refractivity contribution in [3.8, 4) is 0 Å². The zero-order chi connectivity index (χ0) is 15.9. The minimum atomic E-state index is -0.280. The molecule has 0 aromatic heterocycles. The molecule has 0 fully saturated rings. The van der Waals surface area contributed by atoms with Crippen molar-refractivity contribution in [2.75, 3.05) is 6.61 Å². The van der Waals surface area contributed by atoms with Gasteiger partial charge < -0.3 is 4.74 Å². The summed E-state index contributed by atoms with van der Waals surface area (Å²) in [6, 6.07) is 0. The summed E-state index contributed by atoms with van der Waals surface area (Å²) in [5.74, 6) is -0.280. The Labute approximate surface area is 139 Å². The quantitative estimate of drug-likeness (QED) is 0.160. The average molecular weight is 361 g/mol. The van der Waals surface area contributed by atoms with Crippen LogP contribution >= 0.6 is 15.9 Å². The molecule has 1 atom stereocenters. The van der Waals surface area contributed by atoms with E-state index in [1.54, 1.807) is 6.92 Å². The second kappa shape index (κ2) is 14.6. The lowest BCUT2D eigenvalue weighted by Crippen LogP contribution is -2.10. The number of rotatable bonds is 14. The van der Waals surface area contributed by atoms with Crippen molar-refractivity contribution in [1.82, 2.24) is 0 Å². The molecule has 0 radical (unpaired) electrons. The molecule has 1 unspecified atom stereocenters. The van der Waals surface area contributed by atoms with Crippen LogP contribution in [-0.2, 0) is 9.53 Å². The molecule has 0 amide bonds. The number of ether oxygens (including phenoxy) is 1. The van der Waals surface area contributed by atoms with Crippen molar-refractivity contribution in [3.63, 3.8) is 0 Å². The maximum Gasteiger partial charge on any atom is 0.333 e. The molecule has 0 saturated heterocycles. The Kier molecular flexibility index (Phi) is 14.4. The van der Waals surface area contributed by atoms with E-state index in [1.807, 2.05) is 0 Å². The molecule has 0 rings (SSSR count). The summed E-state index contributed by atoms with van der Waals surface area (Å²) in [5, 5.41) is 0. The lowest BCUT2D eigenvalue weighted by atomic mass is 10.1. The summed E-state index contributed by atoms with van der Waals surface area (Å²) in [5.41, 5.74) is 0.472. The number of hydrogen-bond donors (Lipinski definition) is 0. The normalized spacial score (nSPS) is 12.1. The summed E-state index contributed by atoms with van der Waals surface area (Å²) in [6.45, 7) is 7.99. The Bertz CT molecular complexity index is 276. The first-order valence-corrected chi connectivity index (χ1v) is 9.46. The van der Waals surface area contributed by atoms with E-state index < -0.39 is 0 Å². The highest BCUT2D eigenvalue weighted by Crippen LogP contribution is 2.16. The fourth-order valence-electron chi connectivity index (χ4n) is 2.22. The van der Waals surface area contributed by atoms with Crippen molar-refractivity contribution in [1.29, 1.82) is 0 Å². The second-order valence-corrected chi connectivity index (χ2v) is 7.21. The van der Waals surface area contributed by atoms with Crippen LogP contribution in [0.15, 0.2) is 12.2 Å². The fourth-order valence-corrected chi connectivity index (χ4v) is 2.73. The van der Waals surface area contributed by atoms with Crippen LogP contribution in [0.1, 0.15) is 84.5 Å². The molecule has 0 aliphatic rings. The highest BCUT2D eigenvalue weighted by atomic mass is 79.9.